The zero-order chi connectivity index (χ0) is 14.8. The number of nitrogens with one attached hydrogen (secondary N) is 2. The zero-order valence-corrected chi connectivity index (χ0v) is 14.3. The lowest BCUT2D eigenvalue weighted by molar-refractivity contribution is 0.0776. The normalized spacial score (nSPS) is 23.4. The number of nitrogens with zero attached hydrogens (tertiary/aromatic N) is 1. The fourth-order valence-electron chi connectivity index (χ4n) is 2.15. The molecule has 1 rings (SSSR count). The molecule has 1 saturated heterocycles. The van der Waals surface area contributed by atoms with Gasteiger partial charge in [-0.25, -0.2) is 0 Å². The van der Waals surface area contributed by atoms with Crippen molar-refractivity contribution in [1.82, 2.24) is 10.6 Å². The second-order valence-corrected chi connectivity index (χ2v) is 7.48. The molecule has 118 valence electrons. The molecular weight excluding hydrogens is 270 g/mol. The van der Waals surface area contributed by atoms with Crippen LogP contribution in [0.25, 0.3) is 0 Å². The third-order valence-corrected chi connectivity index (χ3v) is 4.80. The summed E-state index contributed by atoms with van der Waals surface area (Å²) in [6, 6.07) is 0. The standard InChI is InChI=1S/C15H31N3OS/c1-5-16-14(17-9-7-10-19-13(2)3)18-12-15(4)8-6-11-20-15/h13H,5-12H2,1-4H3,(H2,16,17,18). The summed E-state index contributed by atoms with van der Waals surface area (Å²) >= 11 is 2.06. The molecule has 5 heteroatoms. The maximum atomic E-state index is 5.54. The van der Waals surface area contributed by atoms with E-state index in [9.17, 15) is 0 Å². The molecule has 0 amide bonds. The molecule has 0 aromatic rings. The second kappa shape index (κ2) is 9.50. The van der Waals surface area contributed by atoms with Crippen LogP contribution in [0.3, 0.4) is 0 Å². The zero-order valence-electron chi connectivity index (χ0n) is 13.5. The van der Waals surface area contributed by atoms with Crippen LogP contribution in [0.2, 0.25) is 0 Å². The topological polar surface area (TPSA) is 45.7 Å². The van der Waals surface area contributed by atoms with Crippen molar-refractivity contribution in [2.24, 2.45) is 4.99 Å². The van der Waals surface area contributed by atoms with Crippen LogP contribution in [0.5, 0.6) is 0 Å². The summed E-state index contributed by atoms with van der Waals surface area (Å²) in [6.45, 7) is 12.1. The lowest BCUT2D eigenvalue weighted by Gasteiger charge is -2.21. The maximum Gasteiger partial charge on any atom is 0.191 e. The quantitative estimate of drug-likeness (QED) is 0.411. The summed E-state index contributed by atoms with van der Waals surface area (Å²) in [7, 11) is 0. The maximum absolute atomic E-state index is 5.54. The van der Waals surface area contributed by atoms with E-state index < -0.39 is 0 Å². The van der Waals surface area contributed by atoms with Gasteiger partial charge in [0.2, 0.25) is 0 Å². The van der Waals surface area contributed by atoms with Crippen molar-refractivity contribution < 1.29 is 4.74 Å². The fourth-order valence-corrected chi connectivity index (χ4v) is 3.37. The second-order valence-electron chi connectivity index (χ2n) is 5.80. The summed E-state index contributed by atoms with van der Waals surface area (Å²) in [6.07, 6.45) is 3.93. The first kappa shape index (κ1) is 17.6. The Kier molecular flexibility index (Phi) is 8.38. The largest absolute Gasteiger partial charge is 0.379 e. The Labute approximate surface area is 128 Å². The highest BCUT2D eigenvalue weighted by Crippen LogP contribution is 2.37. The van der Waals surface area contributed by atoms with Crippen LogP contribution in [-0.2, 0) is 4.74 Å². The molecule has 0 aromatic heterocycles. The highest BCUT2D eigenvalue weighted by Gasteiger charge is 2.29. The van der Waals surface area contributed by atoms with Gasteiger partial charge in [0.15, 0.2) is 5.96 Å². The Morgan fingerprint density at radius 1 is 1.40 bits per heavy atom. The monoisotopic (exact) mass is 301 g/mol. The van der Waals surface area contributed by atoms with Crippen LogP contribution in [0.1, 0.15) is 47.0 Å². The van der Waals surface area contributed by atoms with Gasteiger partial charge in [0, 0.05) is 24.4 Å². The minimum absolute atomic E-state index is 0.316. The molecule has 0 radical (unpaired) electrons. The van der Waals surface area contributed by atoms with Gasteiger partial charge < -0.3 is 15.4 Å². The molecule has 0 bridgehead atoms. The average Bonchev–Trinajstić information content (AvgIpc) is 2.82. The first-order valence-electron chi connectivity index (χ1n) is 7.83. The average molecular weight is 302 g/mol. The molecule has 0 aliphatic carbocycles. The van der Waals surface area contributed by atoms with Gasteiger partial charge in [-0.3, -0.25) is 4.99 Å². The van der Waals surface area contributed by atoms with Crippen molar-refractivity contribution in [2.45, 2.75) is 57.8 Å². The van der Waals surface area contributed by atoms with Crippen molar-refractivity contribution >= 4 is 17.7 Å². The molecule has 0 saturated carbocycles. The van der Waals surface area contributed by atoms with E-state index in [1.807, 2.05) is 0 Å². The van der Waals surface area contributed by atoms with E-state index in [1.165, 1.54) is 18.6 Å². The van der Waals surface area contributed by atoms with Gasteiger partial charge in [-0.05, 0) is 52.7 Å². The molecule has 1 atom stereocenters. The van der Waals surface area contributed by atoms with Gasteiger partial charge in [0.05, 0.1) is 12.6 Å². The van der Waals surface area contributed by atoms with Crippen LogP contribution in [0.15, 0.2) is 4.99 Å². The van der Waals surface area contributed by atoms with Gasteiger partial charge in [-0.1, -0.05) is 0 Å². The SMILES string of the molecule is CCNC(=NCC1(C)CCCS1)NCCCOC(C)C. The van der Waals surface area contributed by atoms with Crippen LogP contribution >= 0.6 is 11.8 Å². The molecule has 4 nitrogen and oxygen atoms in total. The number of aliphatic imine (C=N–C) groups is 1. The van der Waals surface area contributed by atoms with Crippen molar-refractivity contribution in [3.63, 3.8) is 0 Å². The van der Waals surface area contributed by atoms with E-state index in [1.54, 1.807) is 0 Å². The van der Waals surface area contributed by atoms with Gasteiger partial charge in [0.25, 0.3) is 0 Å². The number of guanidine groups is 1. The number of thioether (sulfide) groups is 1. The van der Waals surface area contributed by atoms with E-state index >= 15 is 0 Å². The Balaban J connectivity index is 2.27. The third kappa shape index (κ3) is 7.39. The van der Waals surface area contributed by atoms with Crippen molar-refractivity contribution in [1.29, 1.82) is 0 Å². The molecule has 0 spiro atoms. The predicted octanol–water partition coefficient (Wildman–Crippen LogP) is 2.64. The van der Waals surface area contributed by atoms with E-state index in [2.05, 4.69) is 50.1 Å². The minimum atomic E-state index is 0.316. The Hall–Kier alpha value is -0.420. The molecular formula is C15H31N3OS. The third-order valence-electron chi connectivity index (χ3n) is 3.28. The summed E-state index contributed by atoms with van der Waals surface area (Å²) in [5, 5.41) is 6.70. The van der Waals surface area contributed by atoms with Crippen molar-refractivity contribution in [3.8, 4) is 0 Å². The highest BCUT2D eigenvalue weighted by molar-refractivity contribution is 8.00. The van der Waals surface area contributed by atoms with Crippen LogP contribution in [-0.4, -0.2) is 48.8 Å². The molecule has 20 heavy (non-hydrogen) atoms. The van der Waals surface area contributed by atoms with Crippen LogP contribution < -0.4 is 10.6 Å². The summed E-state index contributed by atoms with van der Waals surface area (Å²) in [5.74, 6) is 2.22. The molecule has 1 aliphatic heterocycles. The lowest BCUT2D eigenvalue weighted by atomic mass is 10.1. The minimum Gasteiger partial charge on any atom is -0.379 e. The first-order chi connectivity index (χ1) is 9.56. The highest BCUT2D eigenvalue weighted by atomic mass is 32.2. The number of hydrogen-bond acceptors (Lipinski definition) is 3. The number of hydrogen-bond donors (Lipinski definition) is 2. The predicted molar refractivity (Wildman–Crippen MR) is 89.8 cm³/mol. The Morgan fingerprint density at radius 3 is 2.80 bits per heavy atom. The van der Waals surface area contributed by atoms with Crippen molar-refractivity contribution in [3.05, 3.63) is 0 Å². The van der Waals surface area contributed by atoms with Gasteiger partial charge in [0.1, 0.15) is 0 Å². The van der Waals surface area contributed by atoms with Crippen LogP contribution in [0.4, 0.5) is 0 Å². The smallest absolute Gasteiger partial charge is 0.191 e. The molecule has 0 aromatic carbocycles. The molecule has 1 fully saturated rings. The molecule has 1 unspecified atom stereocenters. The van der Waals surface area contributed by atoms with Crippen molar-refractivity contribution in [2.75, 3.05) is 32.0 Å². The van der Waals surface area contributed by atoms with Crippen LogP contribution in [0, 0.1) is 0 Å². The molecule has 1 heterocycles. The fraction of sp³-hybridized carbons (Fsp3) is 0.933. The molecule has 1 aliphatic rings. The van der Waals surface area contributed by atoms with E-state index in [-0.39, 0.29) is 0 Å². The lowest BCUT2D eigenvalue weighted by Crippen LogP contribution is -2.39. The Morgan fingerprint density at radius 2 is 2.20 bits per heavy atom. The summed E-state index contributed by atoms with van der Waals surface area (Å²) in [4.78, 5) is 4.73. The summed E-state index contributed by atoms with van der Waals surface area (Å²) < 4.78 is 5.87. The number of rotatable bonds is 8. The van der Waals surface area contributed by atoms with E-state index in [0.29, 0.717) is 10.9 Å². The van der Waals surface area contributed by atoms with Gasteiger partial charge >= 0.3 is 0 Å². The molecule has 2 N–H and O–H groups in total. The summed E-state index contributed by atoms with van der Waals surface area (Å²) in [5.41, 5.74) is 0. The van der Waals surface area contributed by atoms with E-state index in [0.717, 1.165) is 38.6 Å². The van der Waals surface area contributed by atoms with Gasteiger partial charge in [-0.2, -0.15) is 11.8 Å². The van der Waals surface area contributed by atoms with Gasteiger partial charge in [-0.15, -0.1) is 0 Å². The first-order valence-corrected chi connectivity index (χ1v) is 8.82. The Bertz CT molecular complexity index is 289. The van der Waals surface area contributed by atoms with E-state index in [4.69, 9.17) is 9.73 Å². The number of ether oxygens (including phenoxy) is 1.